The maximum atomic E-state index is 12.9. The Bertz CT molecular complexity index is 1700. The summed E-state index contributed by atoms with van der Waals surface area (Å²) in [5, 5.41) is 11.8. The highest BCUT2D eigenvalue weighted by molar-refractivity contribution is 5.70. The van der Waals surface area contributed by atoms with Crippen molar-refractivity contribution >= 4 is 17.9 Å². The Kier molecular flexibility index (Phi) is 58.9. The van der Waals surface area contributed by atoms with Crippen LogP contribution in [-0.4, -0.2) is 82.3 Å². The Morgan fingerprint density at radius 1 is 0.383 bits per heavy atom. The van der Waals surface area contributed by atoms with E-state index in [1.54, 1.807) is 0 Å². The number of aliphatic carboxylic acids is 1. The van der Waals surface area contributed by atoms with Crippen molar-refractivity contribution < 1.29 is 42.9 Å². The molecule has 2 unspecified atom stereocenters. The van der Waals surface area contributed by atoms with Crippen molar-refractivity contribution in [3.63, 3.8) is 0 Å². The summed E-state index contributed by atoms with van der Waals surface area (Å²) in [5.74, 6) is -2.29. The molecule has 0 fully saturated rings. The van der Waals surface area contributed by atoms with Crippen LogP contribution in [0.3, 0.4) is 0 Å². The average molecular weight is 1130 g/mol. The van der Waals surface area contributed by atoms with E-state index in [1.807, 2.05) is 21.1 Å². The van der Waals surface area contributed by atoms with Crippen molar-refractivity contribution in [3.05, 3.63) is 109 Å². The largest absolute Gasteiger partial charge is 0.545 e. The van der Waals surface area contributed by atoms with Crippen LogP contribution in [0.25, 0.3) is 0 Å². The van der Waals surface area contributed by atoms with E-state index in [0.29, 0.717) is 17.4 Å². The number of carboxylic acids is 1. The molecule has 0 bridgehead atoms. The second-order valence-corrected chi connectivity index (χ2v) is 23.0. The number of nitrogens with zero attached hydrogens (tertiary/aromatic N) is 1. The minimum absolute atomic E-state index is 0.142. The number of unbranched alkanes of at least 4 members (excludes halogenated alkanes) is 27. The minimum Gasteiger partial charge on any atom is -0.545 e. The van der Waals surface area contributed by atoms with E-state index in [9.17, 15) is 19.5 Å². The number of allylic oxidation sites excluding steroid dienone is 18. The predicted octanol–water partition coefficient (Wildman–Crippen LogP) is 18.9. The molecule has 0 aliphatic carbocycles. The van der Waals surface area contributed by atoms with Crippen molar-refractivity contribution in [2.45, 2.75) is 283 Å². The first-order chi connectivity index (χ1) is 39.6. The van der Waals surface area contributed by atoms with Crippen LogP contribution in [0.4, 0.5) is 0 Å². The zero-order chi connectivity index (χ0) is 59.1. The molecule has 2 atom stereocenters. The first-order valence-corrected chi connectivity index (χ1v) is 33.0. The molecule has 0 aliphatic rings. The zero-order valence-electron chi connectivity index (χ0n) is 52.9. The predicted molar refractivity (Wildman–Crippen MR) is 343 cm³/mol. The van der Waals surface area contributed by atoms with Crippen LogP contribution in [-0.2, 0) is 33.3 Å². The number of hydrogen-bond donors (Lipinski definition) is 0. The van der Waals surface area contributed by atoms with E-state index in [4.69, 9.17) is 18.9 Å². The monoisotopic (exact) mass is 1130 g/mol. The fraction of sp³-hybridized carbons (Fsp3) is 0.708. The second kappa shape index (κ2) is 62.0. The minimum atomic E-state index is -1.63. The average Bonchev–Trinajstić information content (AvgIpc) is 3.44. The van der Waals surface area contributed by atoms with Crippen LogP contribution in [0.1, 0.15) is 271 Å². The number of esters is 2. The van der Waals surface area contributed by atoms with Crippen molar-refractivity contribution in [1.29, 1.82) is 0 Å². The molecule has 0 N–H and O–H groups in total. The lowest BCUT2D eigenvalue weighted by Gasteiger charge is -2.26. The Morgan fingerprint density at radius 2 is 0.704 bits per heavy atom. The van der Waals surface area contributed by atoms with E-state index in [-0.39, 0.29) is 38.6 Å². The summed E-state index contributed by atoms with van der Waals surface area (Å²) in [6.45, 7) is 4.62. The molecule has 9 heteroatoms. The molecular weight excluding hydrogens is 1010 g/mol. The quantitative estimate of drug-likeness (QED) is 0.0195. The van der Waals surface area contributed by atoms with Crippen LogP contribution in [0.15, 0.2) is 109 Å². The summed E-state index contributed by atoms with van der Waals surface area (Å²) in [4.78, 5) is 37.4. The fourth-order valence-corrected chi connectivity index (χ4v) is 8.96. The lowest BCUT2D eigenvalue weighted by Crippen LogP contribution is -2.44. The van der Waals surface area contributed by atoms with Gasteiger partial charge in [0.1, 0.15) is 13.2 Å². The van der Waals surface area contributed by atoms with Gasteiger partial charge in [0.05, 0.1) is 40.3 Å². The molecule has 0 rings (SSSR count). The number of carbonyl (C=O) groups is 3. The van der Waals surface area contributed by atoms with E-state index >= 15 is 0 Å². The highest BCUT2D eigenvalue weighted by atomic mass is 16.7. The molecule has 0 aliphatic heterocycles. The molecule has 0 aromatic heterocycles. The standard InChI is InChI=1S/C72H123NO8/c1-6-8-10-12-14-16-18-20-22-24-26-28-30-31-32-33-34-35-36-37-38-39-41-43-45-47-49-51-53-55-57-59-61-63-70(75)81-68(67-80-72(71(76)77)78-65-64-73(3,4)5)66-79-69(74)62-60-58-56-54-52-50-48-46-44-42-40-29-27-25-23-21-19-17-15-13-11-9-7-2/h8,10,14,16,19-22,25-28,31-32,34-35,40,42,68,72H,6-7,9,11-13,15,17-18,23-24,29-30,33,36-39,41,43-67H2,1-5H3/b10-8-,16-14-,21-19-,22-20-,27-25-,28-26-,32-31-,35-34-,42-40-. The Hall–Kier alpha value is -4.05. The molecule has 81 heavy (non-hydrogen) atoms. The molecule has 0 radical (unpaired) electrons. The molecule has 0 saturated heterocycles. The van der Waals surface area contributed by atoms with Crippen molar-refractivity contribution in [1.82, 2.24) is 0 Å². The molecular formula is C72H123NO8. The molecule has 9 nitrogen and oxygen atoms in total. The normalized spacial score (nSPS) is 13.4. The number of rotatable bonds is 60. The number of likely N-dealkylation sites (N-methyl/N-ethyl adjacent to an activating group) is 1. The summed E-state index contributed by atoms with van der Waals surface area (Å²) >= 11 is 0. The van der Waals surface area contributed by atoms with Gasteiger partial charge in [0, 0.05) is 12.8 Å². The van der Waals surface area contributed by atoms with Gasteiger partial charge in [-0.2, -0.15) is 0 Å². The van der Waals surface area contributed by atoms with Crippen molar-refractivity contribution in [2.24, 2.45) is 0 Å². The summed E-state index contributed by atoms with van der Waals surface area (Å²) in [6.07, 6.45) is 82.9. The molecule has 0 amide bonds. The van der Waals surface area contributed by atoms with Crippen molar-refractivity contribution in [3.8, 4) is 0 Å². The topological polar surface area (TPSA) is 111 Å². The van der Waals surface area contributed by atoms with Gasteiger partial charge in [-0.1, -0.05) is 264 Å². The van der Waals surface area contributed by atoms with E-state index in [0.717, 1.165) is 103 Å². The van der Waals surface area contributed by atoms with Gasteiger partial charge >= 0.3 is 11.9 Å². The van der Waals surface area contributed by atoms with Gasteiger partial charge in [-0.05, 0) is 103 Å². The molecule has 0 heterocycles. The Balaban J connectivity index is 4.17. The van der Waals surface area contributed by atoms with Gasteiger partial charge in [0.25, 0.3) is 0 Å². The van der Waals surface area contributed by atoms with Gasteiger partial charge in [-0.25, -0.2) is 0 Å². The van der Waals surface area contributed by atoms with Crippen LogP contribution >= 0.6 is 0 Å². The SMILES string of the molecule is CC/C=C\C/C=C\C/C=C\C/C=C\C/C=C\C/C=C\CCCCCCCCCCCCCCCCC(=O)OC(COC(=O)CCCCCCCCCC/C=C\C/C=C\C/C=C\CCCCCCC)COC(OCC[N+](C)(C)C)C(=O)[O-]. The lowest BCUT2D eigenvalue weighted by atomic mass is 10.0. The van der Waals surface area contributed by atoms with Crippen LogP contribution < -0.4 is 5.11 Å². The lowest BCUT2D eigenvalue weighted by molar-refractivity contribution is -0.870. The highest BCUT2D eigenvalue weighted by Gasteiger charge is 2.22. The highest BCUT2D eigenvalue weighted by Crippen LogP contribution is 2.16. The van der Waals surface area contributed by atoms with Crippen LogP contribution in [0, 0.1) is 0 Å². The number of quaternary nitrogens is 1. The second-order valence-electron chi connectivity index (χ2n) is 23.0. The fourth-order valence-electron chi connectivity index (χ4n) is 8.96. The van der Waals surface area contributed by atoms with Gasteiger partial charge in [0.2, 0.25) is 0 Å². The summed E-state index contributed by atoms with van der Waals surface area (Å²) in [5.41, 5.74) is 0. The number of carbonyl (C=O) groups excluding carboxylic acids is 3. The number of hydrogen-bond acceptors (Lipinski definition) is 8. The smallest absolute Gasteiger partial charge is 0.306 e. The number of ether oxygens (including phenoxy) is 4. The van der Waals surface area contributed by atoms with E-state index in [2.05, 4.69) is 123 Å². The van der Waals surface area contributed by atoms with Gasteiger partial charge in [0.15, 0.2) is 12.4 Å². The third-order valence-corrected chi connectivity index (χ3v) is 14.0. The summed E-state index contributed by atoms with van der Waals surface area (Å²) in [7, 11) is 5.92. The molecule has 0 saturated carbocycles. The summed E-state index contributed by atoms with van der Waals surface area (Å²) in [6, 6.07) is 0. The molecule has 0 spiro atoms. The molecule has 0 aromatic carbocycles. The van der Waals surface area contributed by atoms with Gasteiger partial charge < -0.3 is 33.3 Å². The van der Waals surface area contributed by atoms with Crippen LogP contribution in [0.5, 0.6) is 0 Å². The third kappa shape index (κ3) is 63.4. The van der Waals surface area contributed by atoms with Crippen molar-refractivity contribution in [2.75, 3.05) is 47.5 Å². The van der Waals surface area contributed by atoms with Gasteiger partial charge in [-0.15, -0.1) is 0 Å². The molecule has 464 valence electrons. The van der Waals surface area contributed by atoms with E-state index in [1.165, 1.54) is 135 Å². The maximum absolute atomic E-state index is 12.9. The Morgan fingerprint density at radius 3 is 1.05 bits per heavy atom. The molecule has 0 aromatic rings. The van der Waals surface area contributed by atoms with E-state index < -0.39 is 24.3 Å². The van der Waals surface area contributed by atoms with Gasteiger partial charge in [-0.3, -0.25) is 9.59 Å². The Labute approximate surface area is 498 Å². The zero-order valence-corrected chi connectivity index (χ0v) is 52.9. The summed E-state index contributed by atoms with van der Waals surface area (Å²) < 4.78 is 22.8. The van der Waals surface area contributed by atoms with Crippen LogP contribution in [0.2, 0.25) is 0 Å². The maximum Gasteiger partial charge on any atom is 0.306 e. The first-order valence-electron chi connectivity index (χ1n) is 33.0. The third-order valence-electron chi connectivity index (χ3n) is 14.0. The number of carboxylic acid groups (broad SMARTS) is 1. The first kappa shape index (κ1) is 77.0.